The van der Waals surface area contributed by atoms with Gasteiger partial charge in [-0.1, -0.05) is 28.1 Å². The topological polar surface area (TPSA) is 58.6 Å². The zero-order chi connectivity index (χ0) is 13.8. The standard InChI is InChI=1S/C14H18BrNO3/c1-19-8-11(17)7-16-14(18)13-6-12(13)9-2-4-10(15)5-3-9/h2-5,11-13,17H,6-8H2,1H3,(H,16,18). The van der Waals surface area contributed by atoms with Gasteiger partial charge in [-0.05, 0) is 30.0 Å². The molecule has 1 aliphatic carbocycles. The number of benzene rings is 1. The van der Waals surface area contributed by atoms with Gasteiger partial charge in [0.05, 0.1) is 12.7 Å². The first-order valence-corrected chi connectivity index (χ1v) is 7.11. The van der Waals surface area contributed by atoms with E-state index in [0.29, 0.717) is 5.92 Å². The zero-order valence-electron chi connectivity index (χ0n) is 10.8. The molecule has 0 radical (unpaired) electrons. The zero-order valence-corrected chi connectivity index (χ0v) is 12.4. The van der Waals surface area contributed by atoms with Gasteiger partial charge in [-0.25, -0.2) is 0 Å². The minimum Gasteiger partial charge on any atom is -0.389 e. The van der Waals surface area contributed by atoms with Crippen LogP contribution in [0.2, 0.25) is 0 Å². The van der Waals surface area contributed by atoms with Crippen molar-refractivity contribution in [1.29, 1.82) is 0 Å². The molecule has 4 nitrogen and oxygen atoms in total. The van der Waals surface area contributed by atoms with E-state index in [2.05, 4.69) is 21.2 Å². The molecule has 19 heavy (non-hydrogen) atoms. The molecule has 1 saturated carbocycles. The fourth-order valence-electron chi connectivity index (χ4n) is 2.16. The number of ether oxygens (including phenoxy) is 1. The Hall–Kier alpha value is -0.910. The smallest absolute Gasteiger partial charge is 0.223 e. The Labute approximate surface area is 121 Å². The lowest BCUT2D eigenvalue weighted by Crippen LogP contribution is -2.35. The van der Waals surface area contributed by atoms with E-state index in [1.165, 1.54) is 12.7 Å². The minimum absolute atomic E-state index is 0.0167. The summed E-state index contributed by atoms with van der Waals surface area (Å²) in [6.07, 6.45) is 0.243. The summed E-state index contributed by atoms with van der Waals surface area (Å²) >= 11 is 3.40. The molecule has 3 atom stereocenters. The van der Waals surface area contributed by atoms with Crippen molar-refractivity contribution in [2.75, 3.05) is 20.3 Å². The predicted molar refractivity (Wildman–Crippen MR) is 75.9 cm³/mol. The Kier molecular flexibility index (Phi) is 4.96. The van der Waals surface area contributed by atoms with Gasteiger partial charge in [0.15, 0.2) is 0 Å². The van der Waals surface area contributed by atoms with E-state index in [-0.39, 0.29) is 25.0 Å². The average molecular weight is 328 g/mol. The largest absolute Gasteiger partial charge is 0.389 e. The van der Waals surface area contributed by atoms with Gasteiger partial charge < -0.3 is 15.2 Å². The van der Waals surface area contributed by atoms with Crippen LogP contribution in [0.1, 0.15) is 17.9 Å². The van der Waals surface area contributed by atoms with Gasteiger partial charge in [0, 0.05) is 24.0 Å². The van der Waals surface area contributed by atoms with Gasteiger partial charge in [-0.3, -0.25) is 4.79 Å². The van der Waals surface area contributed by atoms with Crippen molar-refractivity contribution in [1.82, 2.24) is 5.32 Å². The van der Waals surface area contributed by atoms with Crippen molar-refractivity contribution in [3.05, 3.63) is 34.3 Å². The number of hydrogen-bond donors (Lipinski definition) is 2. The summed E-state index contributed by atoms with van der Waals surface area (Å²) in [5.74, 6) is 0.367. The van der Waals surface area contributed by atoms with Gasteiger partial charge in [0.25, 0.3) is 0 Å². The van der Waals surface area contributed by atoms with Crippen LogP contribution in [0, 0.1) is 5.92 Å². The molecular formula is C14H18BrNO3. The number of carbonyl (C=O) groups is 1. The molecular weight excluding hydrogens is 310 g/mol. The van der Waals surface area contributed by atoms with E-state index in [1.54, 1.807) is 0 Å². The molecule has 1 fully saturated rings. The van der Waals surface area contributed by atoms with Crippen LogP contribution in [0.3, 0.4) is 0 Å². The quantitative estimate of drug-likeness (QED) is 0.835. The number of methoxy groups -OCH3 is 1. The number of amides is 1. The minimum atomic E-state index is -0.640. The second-order valence-corrected chi connectivity index (χ2v) is 5.77. The van der Waals surface area contributed by atoms with Crippen molar-refractivity contribution in [3.63, 3.8) is 0 Å². The van der Waals surface area contributed by atoms with Crippen LogP contribution in [0.25, 0.3) is 0 Å². The van der Waals surface area contributed by atoms with Crippen molar-refractivity contribution in [3.8, 4) is 0 Å². The lowest BCUT2D eigenvalue weighted by atomic mass is 10.1. The fraction of sp³-hybridized carbons (Fsp3) is 0.500. The van der Waals surface area contributed by atoms with Gasteiger partial charge >= 0.3 is 0 Å². The van der Waals surface area contributed by atoms with Crippen LogP contribution in [0.5, 0.6) is 0 Å². The highest BCUT2D eigenvalue weighted by Gasteiger charge is 2.43. The Morgan fingerprint density at radius 3 is 2.84 bits per heavy atom. The normalized spacial score (nSPS) is 22.9. The monoisotopic (exact) mass is 327 g/mol. The summed E-state index contributed by atoms with van der Waals surface area (Å²) in [5, 5.41) is 12.2. The van der Waals surface area contributed by atoms with Crippen molar-refractivity contribution in [2.24, 2.45) is 5.92 Å². The molecule has 0 saturated heterocycles. The summed E-state index contributed by atoms with van der Waals surface area (Å²) in [5.41, 5.74) is 1.20. The highest BCUT2D eigenvalue weighted by Crippen LogP contribution is 2.47. The molecule has 0 aliphatic heterocycles. The Morgan fingerprint density at radius 1 is 1.53 bits per heavy atom. The molecule has 1 amide bonds. The summed E-state index contributed by atoms with van der Waals surface area (Å²) in [6, 6.07) is 8.07. The third kappa shape index (κ3) is 4.03. The van der Waals surface area contributed by atoms with E-state index < -0.39 is 6.10 Å². The summed E-state index contributed by atoms with van der Waals surface area (Å²) in [6.45, 7) is 0.483. The molecule has 3 unspecified atom stereocenters. The number of hydrogen-bond acceptors (Lipinski definition) is 3. The van der Waals surface area contributed by atoms with Crippen LogP contribution in [0.15, 0.2) is 28.7 Å². The molecule has 5 heteroatoms. The maximum atomic E-state index is 11.9. The van der Waals surface area contributed by atoms with Gasteiger partial charge in [-0.15, -0.1) is 0 Å². The maximum absolute atomic E-state index is 11.9. The van der Waals surface area contributed by atoms with Gasteiger partial charge in [0.2, 0.25) is 5.91 Å². The average Bonchev–Trinajstić information content (AvgIpc) is 3.17. The number of aliphatic hydroxyl groups is 1. The molecule has 1 aliphatic rings. The summed E-state index contributed by atoms with van der Waals surface area (Å²) in [7, 11) is 1.52. The third-order valence-electron chi connectivity index (χ3n) is 3.30. The van der Waals surface area contributed by atoms with E-state index >= 15 is 0 Å². The second kappa shape index (κ2) is 6.50. The van der Waals surface area contributed by atoms with E-state index in [1.807, 2.05) is 24.3 Å². The van der Waals surface area contributed by atoms with E-state index in [9.17, 15) is 9.90 Å². The van der Waals surface area contributed by atoms with E-state index in [4.69, 9.17) is 4.74 Å². The maximum Gasteiger partial charge on any atom is 0.223 e. The number of carbonyl (C=O) groups excluding carboxylic acids is 1. The molecule has 2 N–H and O–H groups in total. The van der Waals surface area contributed by atoms with Crippen LogP contribution in [0.4, 0.5) is 0 Å². The van der Waals surface area contributed by atoms with Crippen LogP contribution >= 0.6 is 15.9 Å². The SMILES string of the molecule is COCC(O)CNC(=O)C1CC1c1ccc(Br)cc1. The van der Waals surface area contributed by atoms with Crippen molar-refractivity contribution in [2.45, 2.75) is 18.4 Å². The summed E-state index contributed by atoms with van der Waals surface area (Å²) in [4.78, 5) is 11.9. The number of aliphatic hydroxyl groups excluding tert-OH is 1. The van der Waals surface area contributed by atoms with Crippen LogP contribution in [-0.2, 0) is 9.53 Å². The molecule has 1 aromatic rings. The molecule has 1 aromatic carbocycles. The first-order chi connectivity index (χ1) is 9.11. The van der Waals surface area contributed by atoms with E-state index in [0.717, 1.165) is 10.9 Å². The predicted octanol–water partition coefficient (Wildman–Crippen LogP) is 1.68. The molecule has 0 bridgehead atoms. The van der Waals surface area contributed by atoms with Gasteiger partial charge in [0.1, 0.15) is 0 Å². The van der Waals surface area contributed by atoms with Crippen molar-refractivity contribution < 1.29 is 14.6 Å². The lowest BCUT2D eigenvalue weighted by Gasteiger charge is -2.10. The summed E-state index contributed by atoms with van der Waals surface area (Å²) < 4.78 is 5.85. The number of nitrogens with one attached hydrogen (secondary N) is 1. The fourth-order valence-corrected chi connectivity index (χ4v) is 2.43. The molecule has 0 spiro atoms. The van der Waals surface area contributed by atoms with Crippen molar-refractivity contribution >= 4 is 21.8 Å². The third-order valence-corrected chi connectivity index (χ3v) is 3.83. The lowest BCUT2D eigenvalue weighted by molar-refractivity contribution is -0.123. The molecule has 104 valence electrons. The number of rotatable bonds is 6. The van der Waals surface area contributed by atoms with Gasteiger partial charge in [-0.2, -0.15) is 0 Å². The first kappa shape index (κ1) is 14.5. The Morgan fingerprint density at radius 2 is 2.21 bits per heavy atom. The molecule has 2 rings (SSSR count). The first-order valence-electron chi connectivity index (χ1n) is 6.32. The molecule has 0 heterocycles. The highest BCUT2D eigenvalue weighted by atomic mass is 79.9. The Balaban J connectivity index is 1.79. The number of halogens is 1. The van der Waals surface area contributed by atoms with Crippen LogP contribution in [-0.4, -0.2) is 37.4 Å². The highest BCUT2D eigenvalue weighted by molar-refractivity contribution is 9.10. The second-order valence-electron chi connectivity index (χ2n) is 4.85. The van der Waals surface area contributed by atoms with Crippen LogP contribution < -0.4 is 5.32 Å². The Bertz CT molecular complexity index is 435. The molecule has 0 aromatic heterocycles.